The van der Waals surface area contributed by atoms with Crippen LogP contribution in [0.5, 0.6) is 17.2 Å². The molecule has 0 radical (unpaired) electrons. The number of carboxylic acid groups (broad SMARTS) is 1. The number of H-pyrrole nitrogens is 1. The second-order valence-electron chi connectivity index (χ2n) is 6.50. The number of pyridine rings is 1. The van der Waals surface area contributed by atoms with Crippen LogP contribution < -0.4 is 14.9 Å². The number of carbonyl (C=O) groups is 1. The van der Waals surface area contributed by atoms with Gasteiger partial charge >= 0.3 is 12.1 Å². The van der Waals surface area contributed by atoms with Crippen LogP contribution in [-0.4, -0.2) is 41.6 Å². The van der Waals surface area contributed by atoms with Gasteiger partial charge in [0.25, 0.3) is 0 Å². The molecule has 0 fully saturated rings. The summed E-state index contributed by atoms with van der Waals surface area (Å²) in [5.74, 6) is -2.12. The molecule has 0 unspecified atom stereocenters. The summed E-state index contributed by atoms with van der Waals surface area (Å²) < 4.78 is 42.4. The molecule has 0 aliphatic rings. The zero-order valence-electron chi connectivity index (χ0n) is 17.0. The fraction of sp³-hybridized carbons (Fsp3) is 0.238. The summed E-state index contributed by atoms with van der Waals surface area (Å²) in [5.41, 5.74) is 3.19. The summed E-state index contributed by atoms with van der Waals surface area (Å²) in [7, 11) is 3.06. The van der Waals surface area contributed by atoms with Crippen LogP contribution >= 0.6 is 0 Å². The number of aromatic amines is 1. The number of nitrogens with one attached hydrogen (secondary N) is 1. The van der Waals surface area contributed by atoms with Gasteiger partial charge in [-0.3, -0.25) is 4.79 Å². The number of para-hydroxylation sites is 1. The third kappa shape index (κ3) is 4.90. The summed E-state index contributed by atoms with van der Waals surface area (Å²) in [6.07, 6.45) is -5.08. The minimum atomic E-state index is -5.08. The van der Waals surface area contributed by atoms with Crippen molar-refractivity contribution in [1.82, 2.24) is 4.98 Å². The molecule has 10 heteroatoms. The number of fused-ring (bicyclic) bond motifs is 1. The van der Waals surface area contributed by atoms with Crippen molar-refractivity contribution in [3.05, 3.63) is 51.7 Å². The van der Waals surface area contributed by atoms with Crippen LogP contribution in [0.3, 0.4) is 0 Å². The van der Waals surface area contributed by atoms with Crippen LogP contribution in [-0.2, 0) is 4.79 Å². The van der Waals surface area contributed by atoms with Crippen LogP contribution in [0.1, 0.15) is 11.1 Å². The number of aliphatic carboxylic acids is 1. The van der Waals surface area contributed by atoms with E-state index in [2.05, 4.69) is 4.98 Å². The van der Waals surface area contributed by atoms with Crippen LogP contribution in [0, 0.1) is 13.8 Å². The summed E-state index contributed by atoms with van der Waals surface area (Å²) >= 11 is 0. The molecular formula is C21H20F3NO6. The highest BCUT2D eigenvalue weighted by Crippen LogP contribution is 2.40. The Morgan fingerprint density at radius 2 is 1.65 bits per heavy atom. The highest BCUT2D eigenvalue weighted by atomic mass is 19.4. The van der Waals surface area contributed by atoms with Crippen molar-refractivity contribution in [2.24, 2.45) is 0 Å². The van der Waals surface area contributed by atoms with E-state index >= 15 is 0 Å². The standard InChI is InChI=1S/C19H19NO4.C2HF3O2/c1-10-8-13-14(9-11(10)2)20-16(18(22)17(13)21)12-6-5-7-15(23-3)19(12)24-4;3-2(4,5)1(6)7/h5-9,22H,1-4H3,(H,20,21);(H,6,7). The van der Waals surface area contributed by atoms with E-state index in [0.29, 0.717) is 33.7 Å². The number of benzene rings is 2. The number of aromatic hydroxyl groups is 1. The molecule has 0 amide bonds. The van der Waals surface area contributed by atoms with Gasteiger partial charge in [-0.05, 0) is 49.2 Å². The van der Waals surface area contributed by atoms with E-state index in [4.69, 9.17) is 19.4 Å². The number of halogens is 3. The molecule has 2 aromatic carbocycles. The Kier molecular flexibility index (Phi) is 6.84. The lowest BCUT2D eigenvalue weighted by molar-refractivity contribution is -0.192. The Morgan fingerprint density at radius 1 is 1.06 bits per heavy atom. The minimum absolute atomic E-state index is 0.312. The summed E-state index contributed by atoms with van der Waals surface area (Å²) in [6.45, 7) is 3.91. The molecule has 0 saturated heterocycles. The number of hydrogen-bond donors (Lipinski definition) is 3. The van der Waals surface area contributed by atoms with Crippen molar-refractivity contribution in [3.63, 3.8) is 0 Å². The van der Waals surface area contributed by atoms with Gasteiger partial charge in [0.15, 0.2) is 17.2 Å². The highest BCUT2D eigenvalue weighted by Gasteiger charge is 2.38. The second-order valence-corrected chi connectivity index (χ2v) is 6.50. The third-order valence-electron chi connectivity index (χ3n) is 4.50. The summed E-state index contributed by atoms with van der Waals surface area (Å²) in [5, 5.41) is 18.0. The smallest absolute Gasteiger partial charge is 0.490 e. The van der Waals surface area contributed by atoms with Gasteiger partial charge in [-0.1, -0.05) is 6.07 Å². The van der Waals surface area contributed by atoms with Gasteiger partial charge in [0.05, 0.1) is 25.4 Å². The average molecular weight is 439 g/mol. The number of alkyl halides is 3. The molecule has 0 atom stereocenters. The van der Waals surface area contributed by atoms with Crippen molar-refractivity contribution < 1.29 is 37.7 Å². The molecule has 7 nitrogen and oxygen atoms in total. The highest BCUT2D eigenvalue weighted by molar-refractivity contribution is 5.87. The van der Waals surface area contributed by atoms with E-state index in [9.17, 15) is 23.1 Å². The maximum Gasteiger partial charge on any atom is 0.490 e. The molecule has 1 heterocycles. The van der Waals surface area contributed by atoms with Crippen molar-refractivity contribution in [1.29, 1.82) is 0 Å². The topological polar surface area (TPSA) is 109 Å². The van der Waals surface area contributed by atoms with Crippen LogP contribution in [0.4, 0.5) is 13.2 Å². The number of rotatable bonds is 3. The molecular weight excluding hydrogens is 419 g/mol. The Balaban J connectivity index is 0.000000423. The maximum absolute atomic E-state index is 12.6. The molecule has 0 bridgehead atoms. The van der Waals surface area contributed by atoms with Gasteiger partial charge in [-0.2, -0.15) is 13.2 Å². The Bertz CT molecular complexity index is 1180. The SMILES string of the molecule is COc1cccc(-c2[nH]c3cc(C)c(C)cc3c(=O)c2O)c1OC.O=C(O)C(F)(F)F. The lowest BCUT2D eigenvalue weighted by atomic mass is 10.0. The van der Waals surface area contributed by atoms with Gasteiger partial charge in [0.1, 0.15) is 0 Å². The quantitative estimate of drug-likeness (QED) is 0.565. The predicted octanol–water partition coefficient (Wildman–Crippen LogP) is 4.17. The number of hydrogen-bond acceptors (Lipinski definition) is 5. The molecule has 3 rings (SSSR count). The van der Waals surface area contributed by atoms with E-state index < -0.39 is 17.6 Å². The van der Waals surface area contributed by atoms with E-state index in [-0.39, 0.29) is 5.75 Å². The van der Waals surface area contributed by atoms with E-state index in [0.717, 1.165) is 11.1 Å². The number of aryl methyl sites for hydroxylation is 2. The van der Waals surface area contributed by atoms with Gasteiger partial charge in [-0.25, -0.2) is 4.79 Å². The first-order valence-electron chi connectivity index (χ1n) is 8.80. The molecule has 0 aliphatic carbocycles. The molecule has 3 N–H and O–H groups in total. The normalized spacial score (nSPS) is 10.9. The van der Waals surface area contributed by atoms with Gasteiger partial charge < -0.3 is 24.7 Å². The lowest BCUT2D eigenvalue weighted by Gasteiger charge is -2.14. The van der Waals surface area contributed by atoms with Crippen LogP contribution in [0.25, 0.3) is 22.2 Å². The predicted molar refractivity (Wildman–Crippen MR) is 108 cm³/mol. The van der Waals surface area contributed by atoms with Gasteiger partial charge in [-0.15, -0.1) is 0 Å². The third-order valence-corrected chi connectivity index (χ3v) is 4.50. The van der Waals surface area contributed by atoms with Gasteiger partial charge in [0, 0.05) is 10.9 Å². The number of carboxylic acids is 1. The zero-order valence-corrected chi connectivity index (χ0v) is 17.0. The fourth-order valence-electron chi connectivity index (χ4n) is 2.82. The summed E-state index contributed by atoms with van der Waals surface area (Å²) in [6, 6.07) is 8.99. The van der Waals surface area contributed by atoms with Gasteiger partial charge in [0.2, 0.25) is 5.43 Å². The van der Waals surface area contributed by atoms with Crippen molar-refractivity contribution >= 4 is 16.9 Å². The first-order chi connectivity index (χ1) is 14.4. The van der Waals surface area contributed by atoms with E-state index in [1.165, 1.54) is 14.2 Å². The fourth-order valence-corrected chi connectivity index (χ4v) is 2.82. The average Bonchev–Trinajstić information content (AvgIpc) is 2.71. The Labute approximate surface area is 174 Å². The molecule has 31 heavy (non-hydrogen) atoms. The number of ether oxygens (including phenoxy) is 2. The summed E-state index contributed by atoms with van der Waals surface area (Å²) in [4.78, 5) is 24.7. The van der Waals surface area contributed by atoms with E-state index in [1.807, 2.05) is 19.9 Å². The van der Waals surface area contributed by atoms with Crippen molar-refractivity contribution in [3.8, 4) is 28.5 Å². The second kappa shape index (κ2) is 8.99. The first-order valence-corrected chi connectivity index (χ1v) is 8.80. The molecule has 0 aliphatic heterocycles. The Hall–Kier alpha value is -3.69. The monoisotopic (exact) mass is 439 g/mol. The van der Waals surface area contributed by atoms with Crippen LogP contribution in [0.2, 0.25) is 0 Å². The Morgan fingerprint density at radius 3 is 2.16 bits per heavy atom. The van der Waals surface area contributed by atoms with E-state index in [1.54, 1.807) is 24.3 Å². The molecule has 3 aromatic rings. The van der Waals surface area contributed by atoms with Crippen molar-refractivity contribution in [2.45, 2.75) is 20.0 Å². The number of aromatic nitrogens is 1. The molecule has 0 spiro atoms. The number of methoxy groups -OCH3 is 2. The van der Waals surface area contributed by atoms with Crippen molar-refractivity contribution in [2.75, 3.05) is 14.2 Å². The molecule has 166 valence electrons. The van der Waals surface area contributed by atoms with Crippen LogP contribution in [0.15, 0.2) is 35.1 Å². The molecule has 1 aromatic heterocycles. The minimum Gasteiger partial charge on any atom is -0.503 e. The largest absolute Gasteiger partial charge is 0.503 e. The zero-order chi connectivity index (χ0) is 23.5. The molecule has 0 saturated carbocycles. The first kappa shape index (κ1) is 23.6. The maximum atomic E-state index is 12.6. The lowest BCUT2D eigenvalue weighted by Crippen LogP contribution is -2.21.